The molecule has 0 aliphatic heterocycles. The first-order valence-electron chi connectivity index (χ1n) is 6.44. The van der Waals surface area contributed by atoms with Crippen LogP contribution in [0.5, 0.6) is 0 Å². The third kappa shape index (κ3) is 3.76. The first-order valence-corrected chi connectivity index (χ1v) is 6.44. The second-order valence-corrected chi connectivity index (χ2v) is 6.00. The highest BCUT2D eigenvalue weighted by molar-refractivity contribution is 4.94. The zero-order valence-electron chi connectivity index (χ0n) is 10.8. The van der Waals surface area contributed by atoms with Gasteiger partial charge in [0, 0.05) is 12.1 Å². The zero-order chi connectivity index (χ0) is 11.5. The fraction of sp³-hybridized carbons (Fsp3) is 1.00. The minimum Gasteiger partial charge on any atom is -0.324 e. The van der Waals surface area contributed by atoms with Gasteiger partial charge in [0.25, 0.3) is 0 Å². The molecule has 90 valence electrons. The average Bonchev–Trinajstić information content (AvgIpc) is 2.08. The van der Waals surface area contributed by atoms with Crippen molar-refractivity contribution in [3.05, 3.63) is 0 Å². The van der Waals surface area contributed by atoms with Crippen LogP contribution < -0.4 is 11.1 Å². The Bertz CT molecular complexity index is 175. The van der Waals surface area contributed by atoms with Gasteiger partial charge in [-0.2, -0.15) is 0 Å². The summed E-state index contributed by atoms with van der Waals surface area (Å²) < 4.78 is 0. The van der Waals surface area contributed by atoms with Gasteiger partial charge in [0.15, 0.2) is 0 Å². The minimum atomic E-state index is 0.124. The number of nitrogens with two attached hydrogens (primary N) is 1. The van der Waals surface area contributed by atoms with E-state index in [1.807, 2.05) is 0 Å². The van der Waals surface area contributed by atoms with Crippen molar-refractivity contribution in [1.82, 2.24) is 5.32 Å². The van der Waals surface area contributed by atoms with Gasteiger partial charge >= 0.3 is 0 Å². The molecule has 0 aromatic carbocycles. The van der Waals surface area contributed by atoms with Gasteiger partial charge in [-0.1, -0.05) is 27.7 Å². The van der Waals surface area contributed by atoms with Crippen LogP contribution >= 0.6 is 0 Å². The number of hydrogen-bond acceptors (Lipinski definition) is 2. The van der Waals surface area contributed by atoms with Crippen LogP contribution in [0.1, 0.15) is 47.0 Å². The summed E-state index contributed by atoms with van der Waals surface area (Å²) in [7, 11) is 0. The van der Waals surface area contributed by atoms with E-state index in [0.29, 0.717) is 0 Å². The van der Waals surface area contributed by atoms with Crippen molar-refractivity contribution in [1.29, 1.82) is 0 Å². The lowest BCUT2D eigenvalue weighted by Crippen LogP contribution is -2.54. The maximum atomic E-state index is 6.18. The Morgan fingerprint density at radius 3 is 2.00 bits per heavy atom. The van der Waals surface area contributed by atoms with E-state index < -0.39 is 0 Å². The SMILES string of the molecule is CC(C)C(CNCC1(N)CCC1)C(C)C. The molecule has 3 N–H and O–H groups in total. The van der Waals surface area contributed by atoms with Crippen molar-refractivity contribution < 1.29 is 0 Å². The molecule has 0 amide bonds. The van der Waals surface area contributed by atoms with Crippen LogP contribution in [0, 0.1) is 17.8 Å². The molecule has 1 aliphatic carbocycles. The summed E-state index contributed by atoms with van der Waals surface area (Å²) in [6.45, 7) is 11.4. The predicted octanol–water partition coefficient (Wildman–Crippen LogP) is 2.39. The van der Waals surface area contributed by atoms with Gasteiger partial charge in [0.05, 0.1) is 0 Å². The van der Waals surface area contributed by atoms with E-state index in [2.05, 4.69) is 33.0 Å². The zero-order valence-corrected chi connectivity index (χ0v) is 10.8. The van der Waals surface area contributed by atoms with Gasteiger partial charge in [-0.15, -0.1) is 0 Å². The molecule has 0 aromatic rings. The summed E-state index contributed by atoms with van der Waals surface area (Å²) in [5.74, 6) is 2.29. The van der Waals surface area contributed by atoms with Gasteiger partial charge in [0.1, 0.15) is 0 Å². The molecule has 0 heterocycles. The summed E-state index contributed by atoms with van der Waals surface area (Å²) in [4.78, 5) is 0. The summed E-state index contributed by atoms with van der Waals surface area (Å²) in [5.41, 5.74) is 6.30. The summed E-state index contributed by atoms with van der Waals surface area (Å²) >= 11 is 0. The smallest absolute Gasteiger partial charge is 0.0280 e. The minimum absolute atomic E-state index is 0.124. The number of rotatable bonds is 6. The molecule has 0 unspecified atom stereocenters. The molecule has 0 spiro atoms. The molecule has 1 saturated carbocycles. The topological polar surface area (TPSA) is 38.0 Å². The molecular weight excluding hydrogens is 184 g/mol. The second kappa shape index (κ2) is 5.31. The highest BCUT2D eigenvalue weighted by Gasteiger charge is 2.32. The van der Waals surface area contributed by atoms with Crippen molar-refractivity contribution in [2.75, 3.05) is 13.1 Å². The molecule has 0 radical (unpaired) electrons. The summed E-state index contributed by atoms with van der Waals surface area (Å²) in [6, 6.07) is 0. The van der Waals surface area contributed by atoms with Crippen molar-refractivity contribution in [2.45, 2.75) is 52.5 Å². The number of hydrogen-bond donors (Lipinski definition) is 2. The van der Waals surface area contributed by atoms with Crippen molar-refractivity contribution in [2.24, 2.45) is 23.5 Å². The molecule has 2 heteroatoms. The molecule has 1 fully saturated rings. The van der Waals surface area contributed by atoms with Gasteiger partial charge in [-0.05, 0) is 43.6 Å². The van der Waals surface area contributed by atoms with E-state index in [-0.39, 0.29) is 5.54 Å². The fourth-order valence-corrected chi connectivity index (χ4v) is 2.54. The largest absolute Gasteiger partial charge is 0.324 e. The third-order valence-corrected chi connectivity index (χ3v) is 3.92. The highest BCUT2D eigenvalue weighted by atomic mass is 14.9. The molecule has 0 saturated heterocycles. The molecular formula is C13H28N2. The fourth-order valence-electron chi connectivity index (χ4n) is 2.54. The lowest BCUT2D eigenvalue weighted by Gasteiger charge is -2.39. The van der Waals surface area contributed by atoms with Gasteiger partial charge in [0.2, 0.25) is 0 Å². The lowest BCUT2D eigenvalue weighted by molar-refractivity contribution is 0.216. The third-order valence-electron chi connectivity index (χ3n) is 3.92. The van der Waals surface area contributed by atoms with E-state index in [4.69, 9.17) is 5.73 Å². The van der Waals surface area contributed by atoms with Crippen LogP contribution in [-0.4, -0.2) is 18.6 Å². The Morgan fingerprint density at radius 2 is 1.67 bits per heavy atom. The molecule has 0 atom stereocenters. The van der Waals surface area contributed by atoms with E-state index in [9.17, 15) is 0 Å². The second-order valence-electron chi connectivity index (χ2n) is 6.00. The molecule has 15 heavy (non-hydrogen) atoms. The standard InChI is InChI=1S/C13H28N2/c1-10(2)12(11(3)4)8-15-9-13(14)6-5-7-13/h10-12,15H,5-9,14H2,1-4H3. The Kier molecular flexibility index (Phi) is 4.60. The molecule has 0 aromatic heterocycles. The van der Waals surface area contributed by atoms with Crippen LogP contribution in [0.25, 0.3) is 0 Å². The van der Waals surface area contributed by atoms with Gasteiger partial charge in [-0.25, -0.2) is 0 Å². The van der Waals surface area contributed by atoms with Crippen molar-refractivity contribution >= 4 is 0 Å². The average molecular weight is 212 g/mol. The van der Waals surface area contributed by atoms with E-state index in [1.54, 1.807) is 0 Å². The molecule has 1 aliphatic rings. The van der Waals surface area contributed by atoms with E-state index in [0.717, 1.165) is 30.8 Å². The quantitative estimate of drug-likeness (QED) is 0.709. The Morgan fingerprint density at radius 1 is 1.13 bits per heavy atom. The maximum absolute atomic E-state index is 6.18. The Labute approximate surface area is 95.0 Å². The first-order chi connectivity index (χ1) is 6.94. The van der Waals surface area contributed by atoms with Crippen LogP contribution in [0.2, 0.25) is 0 Å². The van der Waals surface area contributed by atoms with Crippen molar-refractivity contribution in [3.63, 3.8) is 0 Å². The van der Waals surface area contributed by atoms with Crippen LogP contribution in [0.4, 0.5) is 0 Å². The Balaban J connectivity index is 2.22. The van der Waals surface area contributed by atoms with Gasteiger partial charge in [-0.3, -0.25) is 0 Å². The van der Waals surface area contributed by atoms with Crippen LogP contribution in [0.15, 0.2) is 0 Å². The van der Waals surface area contributed by atoms with E-state index >= 15 is 0 Å². The van der Waals surface area contributed by atoms with Crippen LogP contribution in [-0.2, 0) is 0 Å². The Hall–Kier alpha value is -0.0800. The maximum Gasteiger partial charge on any atom is 0.0280 e. The molecule has 0 bridgehead atoms. The summed E-state index contributed by atoms with van der Waals surface area (Å²) in [6.07, 6.45) is 3.72. The van der Waals surface area contributed by atoms with Crippen LogP contribution in [0.3, 0.4) is 0 Å². The molecule has 2 nitrogen and oxygen atoms in total. The van der Waals surface area contributed by atoms with Gasteiger partial charge < -0.3 is 11.1 Å². The number of nitrogens with one attached hydrogen (secondary N) is 1. The highest BCUT2D eigenvalue weighted by Crippen LogP contribution is 2.28. The predicted molar refractivity (Wildman–Crippen MR) is 66.8 cm³/mol. The monoisotopic (exact) mass is 212 g/mol. The normalized spacial score (nSPS) is 20.0. The lowest BCUT2D eigenvalue weighted by atomic mass is 9.77. The summed E-state index contributed by atoms with van der Waals surface area (Å²) in [5, 5.41) is 3.57. The first kappa shape index (κ1) is 13.0. The molecule has 1 rings (SSSR count). The van der Waals surface area contributed by atoms with Crippen molar-refractivity contribution in [3.8, 4) is 0 Å². The van der Waals surface area contributed by atoms with E-state index in [1.165, 1.54) is 19.3 Å².